The molecular formula is C9H14N4O. The predicted molar refractivity (Wildman–Crippen MR) is 51.5 cm³/mol. The van der Waals surface area contributed by atoms with Crippen LogP contribution in [0.15, 0.2) is 12.5 Å². The quantitative estimate of drug-likeness (QED) is 0.722. The Hall–Kier alpha value is -1.36. The first-order valence-corrected chi connectivity index (χ1v) is 4.91. The van der Waals surface area contributed by atoms with E-state index in [1.165, 1.54) is 12.7 Å². The summed E-state index contributed by atoms with van der Waals surface area (Å²) in [5, 5.41) is 1.96. The van der Waals surface area contributed by atoms with Gasteiger partial charge in [0.25, 0.3) is 5.91 Å². The van der Waals surface area contributed by atoms with E-state index < -0.39 is 0 Å². The Morgan fingerprint density at radius 2 is 2.21 bits per heavy atom. The normalized spacial score (nSPS) is 18.0. The number of hydrogen-bond acceptors (Lipinski definition) is 3. The number of amides is 1. The van der Waals surface area contributed by atoms with Crippen molar-refractivity contribution in [2.75, 3.05) is 13.1 Å². The van der Waals surface area contributed by atoms with Gasteiger partial charge in [-0.1, -0.05) is 6.42 Å². The summed E-state index contributed by atoms with van der Waals surface area (Å²) < 4.78 is 0. The minimum atomic E-state index is -0.131. The number of hydrogen-bond donors (Lipinski definition) is 2. The molecule has 0 spiro atoms. The zero-order valence-corrected chi connectivity index (χ0v) is 7.99. The first-order chi connectivity index (χ1) is 6.86. The van der Waals surface area contributed by atoms with Crippen molar-refractivity contribution in [2.24, 2.45) is 0 Å². The van der Waals surface area contributed by atoms with Crippen LogP contribution in [0.3, 0.4) is 0 Å². The summed E-state index contributed by atoms with van der Waals surface area (Å²) in [6.45, 7) is 1.88. The molecule has 1 amide bonds. The van der Waals surface area contributed by atoms with Crippen molar-refractivity contribution in [2.45, 2.75) is 19.3 Å². The lowest BCUT2D eigenvalue weighted by molar-refractivity contribution is 0.0745. The van der Waals surface area contributed by atoms with Crippen LogP contribution in [0, 0.1) is 0 Å². The van der Waals surface area contributed by atoms with Gasteiger partial charge >= 0.3 is 0 Å². The fourth-order valence-corrected chi connectivity index (χ4v) is 1.59. The van der Waals surface area contributed by atoms with Crippen molar-refractivity contribution < 1.29 is 4.79 Å². The van der Waals surface area contributed by atoms with Gasteiger partial charge in [-0.3, -0.25) is 10.2 Å². The van der Waals surface area contributed by atoms with Crippen molar-refractivity contribution in [1.82, 2.24) is 20.4 Å². The van der Waals surface area contributed by atoms with Crippen LogP contribution in [0.25, 0.3) is 0 Å². The zero-order valence-electron chi connectivity index (χ0n) is 7.99. The number of aromatic nitrogens is 2. The Balaban J connectivity index is 1.87. The Morgan fingerprint density at radius 1 is 1.43 bits per heavy atom. The van der Waals surface area contributed by atoms with Crippen LogP contribution in [0.2, 0.25) is 0 Å². The average molecular weight is 194 g/mol. The number of aromatic amines is 1. The predicted octanol–water partition coefficient (Wildman–Crippen LogP) is 0.540. The zero-order chi connectivity index (χ0) is 9.80. The Bertz CT molecular complexity index is 290. The molecule has 2 heterocycles. The largest absolute Gasteiger partial charge is 0.350 e. The third kappa shape index (κ3) is 2.11. The van der Waals surface area contributed by atoms with E-state index in [0.29, 0.717) is 5.69 Å². The molecule has 2 rings (SSSR count). The summed E-state index contributed by atoms with van der Waals surface area (Å²) in [5.74, 6) is -0.131. The highest BCUT2D eigenvalue weighted by Gasteiger charge is 2.14. The maximum absolute atomic E-state index is 11.5. The molecule has 0 aromatic carbocycles. The second-order valence-electron chi connectivity index (χ2n) is 3.44. The van der Waals surface area contributed by atoms with Crippen molar-refractivity contribution in [3.8, 4) is 0 Å². The third-order valence-electron chi connectivity index (χ3n) is 2.35. The summed E-state index contributed by atoms with van der Waals surface area (Å²) in [4.78, 5) is 18.2. The maximum Gasteiger partial charge on any atom is 0.285 e. The number of carbonyl (C=O) groups is 1. The molecular weight excluding hydrogens is 180 g/mol. The van der Waals surface area contributed by atoms with Gasteiger partial charge in [0.1, 0.15) is 5.69 Å². The van der Waals surface area contributed by atoms with Gasteiger partial charge in [0, 0.05) is 19.3 Å². The molecule has 0 atom stereocenters. The first kappa shape index (κ1) is 9.21. The lowest BCUT2D eigenvalue weighted by atomic mass is 10.2. The number of rotatable bonds is 2. The third-order valence-corrected chi connectivity index (χ3v) is 2.35. The molecule has 1 fully saturated rings. The smallest absolute Gasteiger partial charge is 0.285 e. The summed E-state index contributed by atoms with van der Waals surface area (Å²) in [6, 6.07) is 0. The summed E-state index contributed by atoms with van der Waals surface area (Å²) >= 11 is 0. The van der Waals surface area contributed by atoms with Crippen molar-refractivity contribution in [3.05, 3.63) is 18.2 Å². The van der Waals surface area contributed by atoms with Gasteiger partial charge < -0.3 is 4.98 Å². The van der Waals surface area contributed by atoms with Crippen LogP contribution < -0.4 is 5.43 Å². The highest BCUT2D eigenvalue weighted by atomic mass is 16.2. The van der Waals surface area contributed by atoms with E-state index in [0.717, 1.165) is 25.9 Å². The number of hydrazine groups is 1. The molecule has 1 aromatic rings. The van der Waals surface area contributed by atoms with E-state index in [1.807, 2.05) is 5.01 Å². The summed E-state index contributed by atoms with van der Waals surface area (Å²) in [6.07, 6.45) is 6.67. The van der Waals surface area contributed by atoms with E-state index in [4.69, 9.17) is 0 Å². The monoisotopic (exact) mass is 194 g/mol. The molecule has 0 aliphatic carbocycles. The fraction of sp³-hybridized carbons (Fsp3) is 0.556. The Kier molecular flexibility index (Phi) is 2.78. The molecule has 1 aliphatic rings. The molecule has 5 heteroatoms. The lowest BCUT2D eigenvalue weighted by Gasteiger charge is -2.26. The summed E-state index contributed by atoms with van der Waals surface area (Å²) in [7, 11) is 0. The number of nitrogens with zero attached hydrogens (tertiary/aromatic N) is 2. The van der Waals surface area contributed by atoms with E-state index in [-0.39, 0.29) is 5.91 Å². The van der Waals surface area contributed by atoms with Gasteiger partial charge in [-0.25, -0.2) is 9.99 Å². The number of nitrogens with one attached hydrogen (secondary N) is 2. The van der Waals surface area contributed by atoms with E-state index in [9.17, 15) is 4.79 Å². The minimum absolute atomic E-state index is 0.131. The van der Waals surface area contributed by atoms with Gasteiger partial charge in [-0.2, -0.15) is 0 Å². The summed E-state index contributed by atoms with van der Waals surface area (Å²) in [5.41, 5.74) is 3.27. The molecule has 1 aromatic heterocycles. The van der Waals surface area contributed by atoms with Crippen LogP contribution in [0.4, 0.5) is 0 Å². The van der Waals surface area contributed by atoms with Crippen LogP contribution >= 0.6 is 0 Å². The molecule has 2 N–H and O–H groups in total. The second-order valence-corrected chi connectivity index (χ2v) is 3.44. The topological polar surface area (TPSA) is 61.0 Å². The molecule has 0 radical (unpaired) electrons. The SMILES string of the molecule is O=C(NN1CCCCC1)c1c[nH]cn1. The highest BCUT2D eigenvalue weighted by molar-refractivity contribution is 5.91. The van der Waals surface area contributed by atoms with Gasteiger partial charge in [0.05, 0.1) is 6.33 Å². The van der Waals surface area contributed by atoms with Crippen molar-refractivity contribution >= 4 is 5.91 Å². The van der Waals surface area contributed by atoms with E-state index in [1.54, 1.807) is 6.20 Å². The van der Waals surface area contributed by atoms with Crippen LogP contribution in [-0.4, -0.2) is 34.0 Å². The number of carbonyl (C=O) groups excluding carboxylic acids is 1. The van der Waals surface area contributed by atoms with Gasteiger partial charge in [-0.05, 0) is 12.8 Å². The number of imidazole rings is 1. The van der Waals surface area contributed by atoms with E-state index in [2.05, 4.69) is 15.4 Å². The molecule has 5 nitrogen and oxygen atoms in total. The van der Waals surface area contributed by atoms with Gasteiger partial charge in [0.15, 0.2) is 0 Å². The van der Waals surface area contributed by atoms with Gasteiger partial charge in [-0.15, -0.1) is 0 Å². The number of piperidine rings is 1. The minimum Gasteiger partial charge on any atom is -0.350 e. The van der Waals surface area contributed by atoms with Crippen LogP contribution in [-0.2, 0) is 0 Å². The Labute approximate surface area is 82.5 Å². The molecule has 1 saturated heterocycles. The molecule has 76 valence electrons. The highest BCUT2D eigenvalue weighted by Crippen LogP contribution is 2.06. The molecule has 1 aliphatic heterocycles. The molecule has 14 heavy (non-hydrogen) atoms. The molecule has 0 saturated carbocycles. The molecule has 0 unspecified atom stereocenters. The average Bonchev–Trinajstić information content (AvgIpc) is 2.72. The fourth-order valence-electron chi connectivity index (χ4n) is 1.59. The standard InChI is InChI=1S/C9H14N4O/c14-9(8-6-10-7-11-8)12-13-4-2-1-3-5-13/h6-7H,1-5H2,(H,10,11)(H,12,14). The maximum atomic E-state index is 11.5. The number of H-pyrrole nitrogens is 1. The molecule has 0 bridgehead atoms. The second kappa shape index (κ2) is 4.23. The lowest BCUT2D eigenvalue weighted by Crippen LogP contribution is -2.45. The van der Waals surface area contributed by atoms with Crippen molar-refractivity contribution in [3.63, 3.8) is 0 Å². The van der Waals surface area contributed by atoms with Crippen LogP contribution in [0.1, 0.15) is 29.8 Å². The first-order valence-electron chi connectivity index (χ1n) is 4.91. The Morgan fingerprint density at radius 3 is 2.86 bits per heavy atom. The van der Waals surface area contributed by atoms with Crippen molar-refractivity contribution in [1.29, 1.82) is 0 Å². The van der Waals surface area contributed by atoms with Gasteiger partial charge in [0.2, 0.25) is 0 Å². The van der Waals surface area contributed by atoms with Crippen LogP contribution in [0.5, 0.6) is 0 Å². The van der Waals surface area contributed by atoms with E-state index >= 15 is 0 Å².